The summed E-state index contributed by atoms with van der Waals surface area (Å²) in [5, 5.41) is 0. The molecule has 1 aromatic carbocycles. The number of likely N-dealkylation sites (tertiary alicyclic amines) is 1. The molecule has 3 heterocycles. The van der Waals surface area contributed by atoms with Crippen molar-refractivity contribution in [2.24, 2.45) is 0 Å². The van der Waals surface area contributed by atoms with Gasteiger partial charge in [-0.15, -0.1) is 0 Å². The van der Waals surface area contributed by atoms with Crippen molar-refractivity contribution in [3.8, 4) is 17.4 Å². The minimum absolute atomic E-state index is 0.0913. The van der Waals surface area contributed by atoms with Gasteiger partial charge < -0.3 is 24.0 Å². The zero-order valence-corrected chi connectivity index (χ0v) is 17.8. The number of nitrogens with zero attached hydrogens (tertiary/aromatic N) is 3. The van der Waals surface area contributed by atoms with Crippen molar-refractivity contribution >= 4 is 17.3 Å². The maximum Gasteiger partial charge on any atom is 0.421 e. The van der Waals surface area contributed by atoms with Crippen LogP contribution in [-0.2, 0) is 11.0 Å². The summed E-state index contributed by atoms with van der Waals surface area (Å²) in [5.41, 5.74) is -0.0710. The fraction of sp³-hybridized carbons (Fsp3) is 0.455. The van der Waals surface area contributed by atoms with Gasteiger partial charge in [-0.2, -0.15) is 13.2 Å². The van der Waals surface area contributed by atoms with Crippen molar-refractivity contribution in [3.63, 3.8) is 0 Å². The van der Waals surface area contributed by atoms with Crippen LogP contribution in [0.3, 0.4) is 0 Å². The van der Waals surface area contributed by atoms with Gasteiger partial charge in [-0.1, -0.05) is 6.92 Å². The van der Waals surface area contributed by atoms with Crippen LogP contribution in [0.4, 0.5) is 24.5 Å². The molecule has 1 aromatic heterocycles. The van der Waals surface area contributed by atoms with Crippen molar-refractivity contribution in [2.45, 2.75) is 32.0 Å². The van der Waals surface area contributed by atoms with Gasteiger partial charge in [-0.05, 0) is 18.2 Å². The molecule has 0 saturated carbocycles. The number of halogens is 3. The Morgan fingerprint density at radius 3 is 2.81 bits per heavy atom. The summed E-state index contributed by atoms with van der Waals surface area (Å²) >= 11 is 0. The summed E-state index contributed by atoms with van der Waals surface area (Å²) in [6.45, 7) is 3.66. The van der Waals surface area contributed by atoms with Crippen LogP contribution in [0, 0.1) is 0 Å². The maximum atomic E-state index is 13.5. The van der Waals surface area contributed by atoms with E-state index in [1.807, 2.05) is 6.92 Å². The Balaban J connectivity index is 1.59. The third kappa shape index (κ3) is 4.39. The normalized spacial score (nSPS) is 18.2. The highest BCUT2D eigenvalue weighted by Crippen LogP contribution is 2.42. The largest absolute Gasteiger partial charge is 0.490 e. The molecule has 0 radical (unpaired) electrons. The summed E-state index contributed by atoms with van der Waals surface area (Å²) in [7, 11) is 1.16. The topological polar surface area (TPSA) is 64.1 Å². The van der Waals surface area contributed by atoms with Gasteiger partial charge in [0.1, 0.15) is 29.8 Å². The minimum Gasteiger partial charge on any atom is -0.490 e. The quantitative estimate of drug-likeness (QED) is 0.684. The lowest BCUT2D eigenvalue weighted by Gasteiger charge is -2.32. The molecule has 1 saturated heterocycles. The lowest BCUT2D eigenvalue weighted by molar-refractivity contribution is -0.139. The van der Waals surface area contributed by atoms with E-state index >= 15 is 0 Å². The van der Waals surface area contributed by atoms with Crippen LogP contribution in [0.25, 0.3) is 0 Å². The number of amides is 1. The number of benzene rings is 1. The first-order chi connectivity index (χ1) is 15.3. The Hall–Kier alpha value is -3.17. The van der Waals surface area contributed by atoms with E-state index in [1.54, 1.807) is 28.0 Å². The molecule has 0 unspecified atom stereocenters. The molecule has 32 heavy (non-hydrogen) atoms. The molecule has 2 aliphatic rings. The summed E-state index contributed by atoms with van der Waals surface area (Å²) in [6, 6.07) is 6.28. The first kappa shape index (κ1) is 22.0. The summed E-state index contributed by atoms with van der Waals surface area (Å²) in [5.74, 6) is 0.725. The third-order valence-corrected chi connectivity index (χ3v) is 5.54. The molecule has 0 spiro atoms. The molecule has 0 N–H and O–H groups in total. The number of hydrogen-bond acceptors (Lipinski definition) is 6. The molecule has 0 aliphatic carbocycles. The van der Waals surface area contributed by atoms with Gasteiger partial charge >= 0.3 is 6.18 Å². The number of alkyl halides is 3. The number of rotatable bonds is 5. The molecular formula is C22H24F3N3O4. The summed E-state index contributed by atoms with van der Waals surface area (Å²) in [6.07, 6.45) is -2.21. The van der Waals surface area contributed by atoms with Crippen LogP contribution in [0.15, 0.2) is 30.5 Å². The second-order valence-electron chi connectivity index (χ2n) is 7.60. The molecule has 4 rings (SSSR count). The number of aromatic nitrogens is 1. The summed E-state index contributed by atoms with van der Waals surface area (Å²) < 4.78 is 57.0. The molecule has 1 fully saturated rings. The number of carbonyl (C=O) groups excluding carboxylic acids is 1. The number of ether oxygens (including phenoxy) is 3. The monoisotopic (exact) mass is 451 g/mol. The average Bonchev–Trinajstić information content (AvgIpc) is 3.25. The van der Waals surface area contributed by atoms with E-state index in [9.17, 15) is 18.0 Å². The minimum atomic E-state index is -4.60. The highest BCUT2D eigenvalue weighted by Gasteiger charge is 2.36. The van der Waals surface area contributed by atoms with Gasteiger partial charge in [-0.3, -0.25) is 4.79 Å². The first-order valence-corrected chi connectivity index (χ1v) is 10.4. The lowest BCUT2D eigenvalue weighted by Crippen LogP contribution is -2.30. The standard InChI is InChI=1S/C22H24F3N3O4/c1-3-20(29)27-7-6-16(13-27)32-15-4-5-19-18(11-15)28(8-9-31-19)14-10-17(22(23,24)25)21(30-2)26-12-14/h4-5,10-12,16H,3,6-9,13H2,1-2H3/t16-/m0/s1. The number of carbonyl (C=O) groups is 1. The van der Waals surface area contributed by atoms with Crippen molar-refractivity contribution in [3.05, 3.63) is 36.0 Å². The van der Waals surface area contributed by atoms with E-state index < -0.39 is 17.6 Å². The Morgan fingerprint density at radius 2 is 2.09 bits per heavy atom. The number of pyridine rings is 1. The van der Waals surface area contributed by atoms with Crippen LogP contribution < -0.4 is 19.1 Å². The maximum absolute atomic E-state index is 13.5. The Morgan fingerprint density at radius 1 is 1.28 bits per heavy atom. The predicted molar refractivity (Wildman–Crippen MR) is 111 cm³/mol. The van der Waals surface area contributed by atoms with E-state index in [0.717, 1.165) is 19.6 Å². The fourth-order valence-corrected chi connectivity index (χ4v) is 3.96. The fourth-order valence-electron chi connectivity index (χ4n) is 3.96. The van der Waals surface area contributed by atoms with Gasteiger partial charge in [0.2, 0.25) is 11.8 Å². The van der Waals surface area contributed by atoms with Gasteiger partial charge in [0.15, 0.2) is 0 Å². The number of methoxy groups -OCH3 is 1. The molecule has 0 bridgehead atoms. The summed E-state index contributed by atoms with van der Waals surface area (Å²) in [4.78, 5) is 19.3. The Labute approximate surface area is 183 Å². The lowest BCUT2D eigenvalue weighted by atomic mass is 10.1. The molecule has 2 aliphatic heterocycles. The third-order valence-electron chi connectivity index (χ3n) is 5.54. The van der Waals surface area contributed by atoms with Crippen LogP contribution in [-0.4, -0.2) is 55.2 Å². The van der Waals surface area contributed by atoms with Crippen LogP contribution in [0.1, 0.15) is 25.3 Å². The van der Waals surface area contributed by atoms with Crippen molar-refractivity contribution in [1.29, 1.82) is 0 Å². The molecular weight excluding hydrogens is 427 g/mol. The van der Waals surface area contributed by atoms with E-state index in [4.69, 9.17) is 14.2 Å². The van der Waals surface area contributed by atoms with Crippen LogP contribution in [0.5, 0.6) is 17.4 Å². The average molecular weight is 451 g/mol. The smallest absolute Gasteiger partial charge is 0.421 e. The molecule has 1 amide bonds. The van der Waals surface area contributed by atoms with E-state index in [0.29, 0.717) is 49.8 Å². The van der Waals surface area contributed by atoms with E-state index in [1.165, 1.54) is 6.20 Å². The first-order valence-electron chi connectivity index (χ1n) is 10.4. The number of fused-ring (bicyclic) bond motifs is 1. The second kappa shape index (κ2) is 8.76. The van der Waals surface area contributed by atoms with Crippen LogP contribution in [0.2, 0.25) is 0 Å². The second-order valence-corrected chi connectivity index (χ2v) is 7.60. The number of anilines is 2. The molecule has 1 atom stereocenters. The zero-order valence-electron chi connectivity index (χ0n) is 17.8. The molecule has 10 heteroatoms. The van der Waals surface area contributed by atoms with Crippen molar-refractivity contribution in [2.75, 3.05) is 38.3 Å². The number of hydrogen-bond donors (Lipinski definition) is 0. The predicted octanol–water partition coefficient (Wildman–Crippen LogP) is 4.03. The Kier molecular flexibility index (Phi) is 6.03. The van der Waals surface area contributed by atoms with Gasteiger partial charge in [0.05, 0.1) is 37.8 Å². The van der Waals surface area contributed by atoms with Gasteiger partial charge in [0, 0.05) is 25.5 Å². The molecule has 7 nitrogen and oxygen atoms in total. The molecule has 172 valence electrons. The Bertz CT molecular complexity index is 999. The van der Waals surface area contributed by atoms with Crippen LogP contribution >= 0.6 is 0 Å². The SMILES string of the molecule is CCC(=O)N1CC[C@H](Oc2ccc3c(c2)N(c2cnc(OC)c(C(F)(F)F)c2)CCO3)C1. The van der Waals surface area contributed by atoms with E-state index in [-0.39, 0.29) is 17.7 Å². The van der Waals surface area contributed by atoms with Crippen molar-refractivity contribution in [1.82, 2.24) is 9.88 Å². The molecule has 2 aromatic rings. The highest BCUT2D eigenvalue weighted by atomic mass is 19.4. The highest BCUT2D eigenvalue weighted by molar-refractivity contribution is 5.76. The van der Waals surface area contributed by atoms with Crippen molar-refractivity contribution < 1.29 is 32.2 Å². The zero-order chi connectivity index (χ0) is 22.9. The van der Waals surface area contributed by atoms with Gasteiger partial charge in [0.25, 0.3) is 0 Å². The van der Waals surface area contributed by atoms with E-state index in [2.05, 4.69) is 4.98 Å². The van der Waals surface area contributed by atoms with Gasteiger partial charge in [-0.25, -0.2) is 4.98 Å².